The lowest BCUT2D eigenvalue weighted by atomic mass is 10.1. The molecule has 0 saturated heterocycles. The molecule has 1 N–H and O–H groups in total. The Morgan fingerprint density at radius 2 is 1.88 bits per heavy atom. The fraction of sp³-hybridized carbons (Fsp3) is 0.0833. The van der Waals surface area contributed by atoms with Crippen LogP contribution in [0.5, 0.6) is 0 Å². The summed E-state index contributed by atoms with van der Waals surface area (Å²) in [5.74, 6) is 0.319. The van der Waals surface area contributed by atoms with Gasteiger partial charge in [0.05, 0.1) is 18.5 Å². The number of carbonyl (C=O) groups excluding carboxylic acids is 1. The Morgan fingerprint density at radius 3 is 2.61 bits per heavy atom. The zero-order valence-corrected chi connectivity index (χ0v) is 18.2. The zero-order chi connectivity index (χ0) is 22.6. The predicted octanol–water partition coefficient (Wildman–Crippen LogP) is 4.36. The number of furan rings is 1. The summed E-state index contributed by atoms with van der Waals surface area (Å²) in [7, 11) is 0. The van der Waals surface area contributed by atoms with Crippen LogP contribution in [0, 0.1) is 0 Å². The van der Waals surface area contributed by atoms with E-state index < -0.39 is 0 Å². The third kappa shape index (κ3) is 4.70. The molecule has 0 saturated carbocycles. The number of carbonyl (C=O) groups is 1. The summed E-state index contributed by atoms with van der Waals surface area (Å²) < 4.78 is 8.95. The van der Waals surface area contributed by atoms with Crippen LogP contribution in [0.1, 0.15) is 21.6 Å². The van der Waals surface area contributed by atoms with E-state index in [2.05, 4.69) is 20.5 Å². The van der Waals surface area contributed by atoms with E-state index in [-0.39, 0.29) is 11.6 Å². The maximum absolute atomic E-state index is 12.9. The number of aromatic nitrogens is 5. The molecule has 0 bridgehead atoms. The smallest absolute Gasteiger partial charge is 0.272 e. The number of halogens is 1. The van der Waals surface area contributed by atoms with E-state index in [0.29, 0.717) is 29.6 Å². The molecule has 3 heterocycles. The monoisotopic (exact) mass is 458 g/mol. The van der Waals surface area contributed by atoms with Crippen LogP contribution in [0.2, 0.25) is 5.02 Å². The fourth-order valence-electron chi connectivity index (χ4n) is 3.43. The average molecular weight is 459 g/mol. The summed E-state index contributed by atoms with van der Waals surface area (Å²) in [6.07, 6.45) is 4.76. The first kappa shape index (κ1) is 20.7. The summed E-state index contributed by atoms with van der Waals surface area (Å²) in [4.78, 5) is 16.8. The first-order valence-corrected chi connectivity index (χ1v) is 10.6. The van der Waals surface area contributed by atoms with Crippen molar-refractivity contribution in [3.05, 3.63) is 107 Å². The molecule has 9 heteroatoms. The lowest BCUT2D eigenvalue weighted by molar-refractivity contribution is 0.0945. The number of hydrogen-bond donors (Lipinski definition) is 1. The van der Waals surface area contributed by atoms with Crippen LogP contribution < -0.4 is 5.32 Å². The maximum atomic E-state index is 12.9. The molecule has 33 heavy (non-hydrogen) atoms. The summed E-state index contributed by atoms with van der Waals surface area (Å²) in [6.45, 7) is 1.02. The molecule has 164 valence electrons. The second kappa shape index (κ2) is 9.13. The molecule has 2 aromatic carbocycles. The highest BCUT2D eigenvalue weighted by Gasteiger charge is 2.18. The van der Waals surface area contributed by atoms with E-state index in [1.807, 2.05) is 42.5 Å². The van der Waals surface area contributed by atoms with Gasteiger partial charge in [-0.3, -0.25) is 4.79 Å². The molecule has 0 aliphatic carbocycles. The predicted molar refractivity (Wildman–Crippen MR) is 123 cm³/mol. The van der Waals surface area contributed by atoms with Crippen molar-refractivity contribution in [1.29, 1.82) is 0 Å². The van der Waals surface area contributed by atoms with E-state index in [1.165, 1.54) is 6.33 Å². The molecule has 0 aliphatic rings. The first-order chi connectivity index (χ1) is 16.2. The third-order valence-corrected chi connectivity index (χ3v) is 5.29. The average Bonchev–Trinajstić information content (AvgIpc) is 3.60. The first-order valence-electron chi connectivity index (χ1n) is 10.2. The molecule has 3 aromatic heterocycles. The van der Waals surface area contributed by atoms with Crippen molar-refractivity contribution < 1.29 is 9.21 Å². The standard InChI is InChI=1S/C24H19ClN6O2/c25-19-3-1-4-20(11-19)31-22(23-5-2-10-33-23)12-21(29-31)24(32)27-13-17-6-8-18(9-7-17)14-30-16-26-15-28-30/h1-12,15-16H,13-14H2,(H,27,32). The van der Waals surface area contributed by atoms with Crippen molar-refractivity contribution in [2.24, 2.45) is 0 Å². The van der Waals surface area contributed by atoms with Crippen molar-refractivity contribution in [1.82, 2.24) is 29.9 Å². The van der Waals surface area contributed by atoms with Gasteiger partial charge in [0.25, 0.3) is 5.91 Å². The molecular formula is C24H19ClN6O2. The van der Waals surface area contributed by atoms with Gasteiger partial charge in [0.15, 0.2) is 11.5 Å². The Hall–Kier alpha value is -4.17. The molecule has 0 spiro atoms. The minimum Gasteiger partial charge on any atom is -0.463 e. The van der Waals surface area contributed by atoms with Gasteiger partial charge in [-0.15, -0.1) is 0 Å². The van der Waals surface area contributed by atoms with Crippen molar-refractivity contribution in [2.45, 2.75) is 13.1 Å². The number of amides is 1. The molecule has 0 aliphatic heterocycles. The highest BCUT2D eigenvalue weighted by Crippen LogP contribution is 2.26. The summed E-state index contributed by atoms with van der Waals surface area (Å²) >= 11 is 6.16. The normalized spacial score (nSPS) is 10.9. The Bertz CT molecular complexity index is 1360. The van der Waals surface area contributed by atoms with Gasteiger partial charge in [0.1, 0.15) is 18.3 Å². The molecule has 5 rings (SSSR count). The van der Waals surface area contributed by atoms with Gasteiger partial charge in [-0.2, -0.15) is 10.2 Å². The minimum atomic E-state index is -0.282. The van der Waals surface area contributed by atoms with Crippen LogP contribution in [-0.2, 0) is 13.1 Å². The van der Waals surface area contributed by atoms with Crippen LogP contribution in [0.25, 0.3) is 17.1 Å². The van der Waals surface area contributed by atoms with Crippen LogP contribution in [0.4, 0.5) is 0 Å². The summed E-state index contributed by atoms with van der Waals surface area (Å²) in [5.41, 5.74) is 3.75. The van der Waals surface area contributed by atoms with Gasteiger partial charge in [0.2, 0.25) is 0 Å². The minimum absolute atomic E-state index is 0.282. The van der Waals surface area contributed by atoms with Crippen molar-refractivity contribution in [3.8, 4) is 17.1 Å². The molecule has 8 nitrogen and oxygen atoms in total. The number of nitrogens with one attached hydrogen (secondary N) is 1. The zero-order valence-electron chi connectivity index (χ0n) is 17.4. The fourth-order valence-corrected chi connectivity index (χ4v) is 3.62. The van der Waals surface area contributed by atoms with Gasteiger partial charge in [0, 0.05) is 17.6 Å². The van der Waals surface area contributed by atoms with Gasteiger partial charge < -0.3 is 9.73 Å². The number of nitrogens with zero attached hydrogens (tertiary/aromatic N) is 5. The molecule has 0 unspecified atom stereocenters. The quantitative estimate of drug-likeness (QED) is 0.391. The van der Waals surface area contributed by atoms with E-state index in [4.69, 9.17) is 16.0 Å². The molecule has 5 aromatic rings. The van der Waals surface area contributed by atoms with Gasteiger partial charge >= 0.3 is 0 Å². The number of rotatable bonds is 7. The Balaban J connectivity index is 1.32. The van der Waals surface area contributed by atoms with Crippen LogP contribution >= 0.6 is 11.6 Å². The van der Waals surface area contributed by atoms with E-state index in [1.54, 1.807) is 46.2 Å². The maximum Gasteiger partial charge on any atom is 0.272 e. The molecule has 0 radical (unpaired) electrons. The second-order valence-corrected chi connectivity index (χ2v) is 7.81. The highest BCUT2D eigenvalue weighted by atomic mass is 35.5. The largest absolute Gasteiger partial charge is 0.463 e. The van der Waals surface area contributed by atoms with Crippen LogP contribution in [-0.4, -0.2) is 30.5 Å². The van der Waals surface area contributed by atoms with Crippen LogP contribution in [0.3, 0.4) is 0 Å². The van der Waals surface area contributed by atoms with E-state index >= 15 is 0 Å². The SMILES string of the molecule is O=C(NCc1ccc(Cn2cncn2)cc1)c1cc(-c2ccco2)n(-c2cccc(Cl)c2)n1. The number of hydrogen-bond acceptors (Lipinski definition) is 5. The Labute approximate surface area is 194 Å². The molecule has 0 atom stereocenters. The topological polar surface area (TPSA) is 90.8 Å². The Kier molecular flexibility index (Phi) is 5.73. The van der Waals surface area contributed by atoms with Crippen molar-refractivity contribution >= 4 is 17.5 Å². The van der Waals surface area contributed by atoms with Crippen LogP contribution in [0.15, 0.2) is 90.1 Å². The van der Waals surface area contributed by atoms with Gasteiger partial charge in [-0.05, 0) is 41.5 Å². The molecular weight excluding hydrogens is 440 g/mol. The summed E-state index contributed by atoms with van der Waals surface area (Å²) in [6, 6.07) is 20.5. The molecule has 1 amide bonds. The second-order valence-electron chi connectivity index (χ2n) is 7.38. The lowest BCUT2D eigenvalue weighted by Crippen LogP contribution is -2.23. The van der Waals surface area contributed by atoms with E-state index in [0.717, 1.165) is 16.8 Å². The number of benzene rings is 2. The highest BCUT2D eigenvalue weighted by molar-refractivity contribution is 6.30. The van der Waals surface area contributed by atoms with E-state index in [9.17, 15) is 4.79 Å². The van der Waals surface area contributed by atoms with Crippen molar-refractivity contribution in [2.75, 3.05) is 0 Å². The third-order valence-electron chi connectivity index (χ3n) is 5.06. The summed E-state index contributed by atoms with van der Waals surface area (Å²) in [5, 5.41) is 12.1. The molecule has 0 fully saturated rings. The lowest BCUT2D eigenvalue weighted by Gasteiger charge is -2.06. The Morgan fingerprint density at radius 1 is 1.03 bits per heavy atom. The van der Waals surface area contributed by atoms with Gasteiger partial charge in [-0.25, -0.2) is 14.3 Å². The van der Waals surface area contributed by atoms with Crippen molar-refractivity contribution in [3.63, 3.8) is 0 Å². The van der Waals surface area contributed by atoms with Gasteiger partial charge in [-0.1, -0.05) is 41.9 Å².